The molecule has 0 unspecified atom stereocenters. The molecule has 0 fully saturated rings. The quantitative estimate of drug-likeness (QED) is 0.644. The van der Waals surface area contributed by atoms with Crippen LogP contribution in [0.5, 0.6) is 0 Å². The van der Waals surface area contributed by atoms with Gasteiger partial charge in [-0.2, -0.15) is 0 Å². The van der Waals surface area contributed by atoms with Gasteiger partial charge in [0, 0.05) is 19.4 Å². The molecule has 0 aromatic rings. The van der Waals surface area contributed by atoms with Crippen LogP contribution >= 0.6 is 0 Å². The highest BCUT2D eigenvalue weighted by Crippen LogP contribution is 2.21. The average Bonchev–Trinajstić information content (AvgIpc) is 2.05. The van der Waals surface area contributed by atoms with Gasteiger partial charge >= 0.3 is 0 Å². The Balaban J connectivity index is 0. The van der Waals surface area contributed by atoms with Crippen molar-refractivity contribution in [2.45, 2.75) is 39.5 Å². The van der Waals surface area contributed by atoms with Crippen LogP contribution in [0.4, 0.5) is 8.78 Å². The molecule has 0 aliphatic rings. The molecule has 0 amide bonds. The SMILES string of the molecule is CC.CCC(F)(F)CCN(C)C. The third kappa shape index (κ3) is 9.82. The molecule has 0 atom stereocenters. The van der Waals surface area contributed by atoms with Crippen molar-refractivity contribution in [2.24, 2.45) is 0 Å². The minimum atomic E-state index is -2.47. The smallest absolute Gasteiger partial charge is 0.249 e. The van der Waals surface area contributed by atoms with Crippen LogP contribution in [0.2, 0.25) is 0 Å². The van der Waals surface area contributed by atoms with Crippen LogP contribution in [0.3, 0.4) is 0 Å². The van der Waals surface area contributed by atoms with E-state index in [0.29, 0.717) is 6.54 Å². The van der Waals surface area contributed by atoms with E-state index in [1.807, 2.05) is 13.8 Å². The Hall–Kier alpha value is -0.180. The first-order valence-electron chi connectivity index (χ1n) is 4.50. The Labute approximate surface area is 74.8 Å². The third-order valence-electron chi connectivity index (χ3n) is 1.44. The molecule has 0 radical (unpaired) electrons. The summed E-state index contributed by atoms with van der Waals surface area (Å²) in [5, 5.41) is 0. The third-order valence-corrected chi connectivity index (χ3v) is 1.44. The largest absolute Gasteiger partial charge is 0.309 e. The van der Waals surface area contributed by atoms with E-state index in [9.17, 15) is 8.78 Å². The number of halogens is 2. The summed E-state index contributed by atoms with van der Waals surface area (Å²) < 4.78 is 25.0. The van der Waals surface area contributed by atoms with Gasteiger partial charge in [-0.05, 0) is 14.1 Å². The van der Waals surface area contributed by atoms with Crippen molar-refractivity contribution < 1.29 is 8.78 Å². The van der Waals surface area contributed by atoms with Crippen LogP contribution in [0, 0.1) is 0 Å². The number of rotatable bonds is 4. The first-order valence-corrected chi connectivity index (χ1v) is 4.50. The lowest BCUT2D eigenvalue weighted by Gasteiger charge is -2.16. The van der Waals surface area contributed by atoms with Crippen LogP contribution in [0.1, 0.15) is 33.6 Å². The molecular weight excluding hydrogens is 160 g/mol. The maximum absolute atomic E-state index is 12.5. The number of hydrogen-bond donors (Lipinski definition) is 0. The van der Waals surface area contributed by atoms with E-state index in [0.717, 1.165) is 0 Å². The van der Waals surface area contributed by atoms with Gasteiger partial charge < -0.3 is 4.90 Å². The van der Waals surface area contributed by atoms with Crippen LogP contribution in [-0.4, -0.2) is 31.5 Å². The fraction of sp³-hybridized carbons (Fsp3) is 1.00. The normalized spacial score (nSPS) is 11.0. The zero-order valence-corrected chi connectivity index (χ0v) is 8.82. The number of hydrogen-bond acceptors (Lipinski definition) is 1. The van der Waals surface area contributed by atoms with Crippen LogP contribution in [0.25, 0.3) is 0 Å². The summed E-state index contributed by atoms with van der Waals surface area (Å²) in [5.41, 5.74) is 0. The first-order chi connectivity index (χ1) is 5.48. The van der Waals surface area contributed by atoms with Gasteiger partial charge in [-0.3, -0.25) is 0 Å². The van der Waals surface area contributed by atoms with E-state index in [-0.39, 0.29) is 12.8 Å². The van der Waals surface area contributed by atoms with Crippen molar-refractivity contribution in [2.75, 3.05) is 20.6 Å². The molecule has 0 aliphatic heterocycles. The van der Waals surface area contributed by atoms with Crippen LogP contribution < -0.4 is 0 Å². The van der Waals surface area contributed by atoms with Gasteiger partial charge in [-0.25, -0.2) is 8.78 Å². The van der Waals surface area contributed by atoms with E-state index in [4.69, 9.17) is 0 Å². The molecule has 0 aromatic carbocycles. The molecule has 0 saturated heterocycles. The summed E-state index contributed by atoms with van der Waals surface area (Å²) in [7, 11) is 3.59. The molecule has 12 heavy (non-hydrogen) atoms. The van der Waals surface area contributed by atoms with E-state index < -0.39 is 5.92 Å². The molecule has 0 spiro atoms. The molecule has 0 saturated carbocycles. The Morgan fingerprint density at radius 3 is 1.83 bits per heavy atom. The summed E-state index contributed by atoms with van der Waals surface area (Å²) in [6.07, 6.45) is -0.0860. The standard InChI is InChI=1S/C7H15F2N.C2H6/c1-4-7(8,9)5-6-10(2)3;1-2/h4-6H2,1-3H3;1-2H3. The molecule has 0 N–H and O–H groups in total. The van der Waals surface area contributed by atoms with Crippen LogP contribution in [-0.2, 0) is 0 Å². The van der Waals surface area contributed by atoms with E-state index in [1.165, 1.54) is 6.92 Å². The molecule has 0 bridgehead atoms. The Kier molecular flexibility index (Phi) is 8.93. The van der Waals surface area contributed by atoms with E-state index >= 15 is 0 Å². The molecule has 0 aliphatic carbocycles. The Morgan fingerprint density at radius 2 is 1.58 bits per heavy atom. The predicted octanol–water partition coefficient (Wildman–Crippen LogP) is 3.01. The fourth-order valence-electron chi connectivity index (χ4n) is 0.564. The fourth-order valence-corrected chi connectivity index (χ4v) is 0.564. The van der Waals surface area contributed by atoms with Crippen molar-refractivity contribution in [3.05, 3.63) is 0 Å². The summed E-state index contributed by atoms with van der Waals surface area (Å²) in [6.45, 7) is 5.97. The molecule has 3 heteroatoms. The van der Waals surface area contributed by atoms with E-state index in [2.05, 4.69) is 0 Å². The van der Waals surface area contributed by atoms with Crippen LogP contribution in [0.15, 0.2) is 0 Å². The minimum absolute atomic E-state index is 0.0312. The highest BCUT2D eigenvalue weighted by atomic mass is 19.3. The lowest BCUT2D eigenvalue weighted by atomic mass is 10.2. The highest BCUT2D eigenvalue weighted by Gasteiger charge is 2.25. The summed E-state index contributed by atoms with van der Waals surface area (Å²) in [4.78, 5) is 1.77. The Morgan fingerprint density at radius 1 is 1.17 bits per heavy atom. The lowest BCUT2D eigenvalue weighted by molar-refractivity contribution is -0.0165. The second-order valence-electron chi connectivity index (χ2n) is 2.76. The summed E-state index contributed by atoms with van der Waals surface area (Å²) >= 11 is 0. The number of nitrogens with zero attached hydrogens (tertiary/aromatic N) is 1. The van der Waals surface area contributed by atoms with Crippen molar-refractivity contribution in [3.63, 3.8) is 0 Å². The summed E-state index contributed by atoms with van der Waals surface area (Å²) in [5.74, 6) is -2.47. The van der Waals surface area contributed by atoms with Gasteiger partial charge in [0.1, 0.15) is 0 Å². The maximum atomic E-state index is 12.5. The molecule has 0 rings (SSSR count). The van der Waals surface area contributed by atoms with E-state index in [1.54, 1.807) is 19.0 Å². The maximum Gasteiger partial charge on any atom is 0.249 e. The zero-order chi connectivity index (χ0) is 10.2. The zero-order valence-electron chi connectivity index (χ0n) is 8.82. The predicted molar refractivity (Wildman–Crippen MR) is 49.8 cm³/mol. The Bertz CT molecular complexity index is 92.5. The molecule has 76 valence electrons. The van der Waals surface area contributed by atoms with Crippen molar-refractivity contribution >= 4 is 0 Å². The summed E-state index contributed by atoms with van der Waals surface area (Å²) in [6, 6.07) is 0. The van der Waals surface area contributed by atoms with Crippen molar-refractivity contribution in [1.29, 1.82) is 0 Å². The highest BCUT2D eigenvalue weighted by molar-refractivity contribution is 4.64. The molecular formula is C9H21F2N. The van der Waals surface area contributed by atoms with Gasteiger partial charge in [0.15, 0.2) is 0 Å². The minimum Gasteiger partial charge on any atom is -0.309 e. The first kappa shape index (κ1) is 14.3. The van der Waals surface area contributed by atoms with Crippen molar-refractivity contribution in [3.8, 4) is 0 Å². The van der Waals surface area contributed by atoms with Gasteiger partial charge in [-0.1, -0.05) is 20.8 Å². The van der Waals surface area contributed by atoms with Gasteiger partial charge in [0.05, 0.1) is 0 Å². The molecule has 0 aromatic heterocycles. The van der Waals surface area contributed by atoms with Gasteiger partial charge in [0.25, 0.3) is 0 Å². The molecule has 0 heterocycles. The monoisotopic (exact) mass is 181 g/mol. The average molecular weight is 181 g/mol. The number of alkyl halides is 2. The van der Waals surface area contributed by atoms with Gasteiger partial charge in [-0.15, -0.1) is 0 Å². The van der Waals surface area contributed by atoms with Gasteiger partial charge in [0.2, 0.25) is 5.92 Å². The second kappa shape index (κ2) is 7.47. The molecule has 1 nitrogen and oxygen atoms in total. The van der Waals surface area contributed by atoms with Crippen molar-refractivity contribution in [1.82, 2.24) is 4.90 Å². The second-order valence-corrected chi connectivity index (χ2v) is 2.76. The lowest BCUT2D eigenvalue weighted by Crippen LogP contribution is -2.23. The topological polar surface area (TPSA) is 3.24 Å².